The molecule has 1 heterocycles. The minimum Gasteiger partial charge on any atom is -0.390 e. The van der Waals surface area contributed by atoms with Gasteiger partial charge in [0.25, 0.3) is 0 Å². The Kier molecular flexibility index (Phi) is 4.99. The minimum atomic E-state index is -0.927. The molecule has 0 spiro atoms. The quantitative estimate of drug-likeness (QED) is 0.780. The molecule has 1 saturated heterocycles. The third-order valence-corrected chi connectivity index (χ3v) is 5.18. The molecular formula is C18H25NO4. The van der Waals surface area contributed by atoms with E-state index >= 15 is 0 Å². The van der Waals surface area contributed by atoms with Crippen LogP contribution in [0.15, 0.2) is 24.3 Å². The van der Waals surface area contributed by atoms with E-state index in [2.05, 4.69) is 5.32 Å². The number of amides is 1. The fraction of sp³-hybridized carbons (Fsp3) is 0.611. The molecule has 1 aromatic rings. The monoisotopic (exact) mass is 319 g/mol. The van der Waals surface area contributed by atoms with Crippen molar-refractivity contribution in [1.29, 1.82) is 0 Å². The summed E-state index contributed by atoms with van der Waals surface area (Å²) in [6, 6.07) is 7.51. The number of aliphatic hydroxyl groups is 2. The summed E-state index contributed by atoms with van der Waals surface area (Å²) in [5, 5.41) is 23.4. The van der Waals surface area contributed by atoms with E-state index in [1.165, 1.54) is 0 Å². The van der Waals surface area contributed by atoms with Crippen molar-refractivity contribution < 1.29 is 19.7 Å². The Labute approximate surface area is 136 Å². The van der Waals surface area contributed by atoms with Gasteiger partial charge in [0.15, 0.2) is 0 Å². The first kappa shape index (κ1) is 16.4. The van der Waals surface area contributed by atoms with Crippen molar-refractivity contribution in [1.82, 2.24) is 5.32 Å². The summed E-state index contributed by atoms with van der Waals surface area (Å²) in [6.07, 6.45) is 0.159. The lowest BCUT2D eigenvalue weighted by Crippen LogP contribution is -2.48. The first-order valence-electron chi connectivity index (χ1n) is 8.37. The van der Waals surface area contributed by atoms with Crippen molar-refractivity contribution in [3.05, 3.63) is 35.4 Å². The molecular weight excluding hydrogens is 294 g/mol. The second kappa shape index (κ2) is 6.99. The highest BCUT2D eigenvalue weighted by Gasteiger charge is 2.44. The SMILES string of the molecule is Cc1ccccc1[C@H]1C[C@@H](O)[C@@H](O)[C@@H]1NC(=O)C1CCOCC1. The van der Waals surface area contributed by atoms with Crippen molar-refractivity contribution in [2.24, 2.45) is 5.92 Å². The van der Waals surface area contributed by atoms with Crippen LogP contribution in [0, 0.1) is 12.8 Å². The molecule has 1 aliphatic carbocycles. The molecule has 1 amide bonds. The molecule has 0 radical (unpaired) electrons. The van der Waals surface area contributed by atoms with Crippen LogP contribution in [0.4, 0.5) is 0 Å². The zero-order valence-corrected chi connectivity index (χ0v) is 13.4. The van der Waals surface area contributed by atoms with Crippen LogP contribution in [0.25, 0.3) is 0 Å². The van der Waals surface area contributed by atoms with E-state index in [1.54, 1.807) is 0 Å². The van der Waals surface area contributed by atoms with Gasteiger partial charge in [0, 0.05) is 25.0 Å². The number of ether oxygens (including phenoxy) is 1. The molecule has 4 atom stereocenters. The summed E-state index contributed by atoms with van der Waals surface area (Å²) in [7, 11) is 0. The first-order valence-corrected chi connectivity index (χ1v) is 8.37. The second-order valence-electron chi connectivity index (χ2n) is 6.68. The molecule has 0 unspecified atom stereocenters. The highest BCUT2D eigenvalue weighted by atomic mass is 16.5. The summed E-state index contributed by atoms with van der Waals surface area (Å²) in [4.78, 5) is 12.5. The molecule has 0 bridgehead atoms. The molecule has 1 saturated carbocycles. The average molecular weight is 319 g/mol. The van der Waals surface area contributed by atoms with E-state index < -0.39 is 18.2 Å². The maximum absolute atomic E-state index is 12.5. The summed E-state index contributed by atoms with van der Waals surface area (Å²) in [5.74, 6) is -0.166. The van der Waals surface area contributed by atoms with Crippen LogP contribution in [0.3, 0.4) is 0 Å². The zero-order valence-electron chi connectivity index (χ0n) is 13.4. The number of aryl methyl sites for hydroxylation is 1. The van der Waals surface area contributed by atoms with Crippen molar-refractivity contribution >= 4 is 5.91 Å². The van der Waals surface area contributed by atoms with Crippen molar-refractivity contribution in [3.63, 3.8) is 0 Å². The van der Waals surface area contributed by atoms with Gasteiger partial charge in [-0.3, -0.25) is 4.79 Å². The van der Waals surface area contributed by atoms with Crippen LogP contribution in [-0.4, -0.2) is 47.6 Å². The summed E-state index contributed by atoms with van der Waals surface area (Å²) >= 11 is 0. The van der Waals surface area contributed by atoms with Gasteiger partial charge in [0.2, 0.25) is 5.91 Å². The lowest BCUT2D eigenvalue weighted by molar-refractivity contribution is -0.129. The first-order chi connectivity index (χ1) is 11.1. The van der Waals surface area contributed by atoms with Gasteiger partial charge in [0.1, 0.15) is 6.10 Å². The summed E-state index contributed by atoms with van der Waals surface area (Å²) in [6.45, 7) is 3.23. The molecule has 5 heteroatoms. The lowest BCUT2D eigenvalue weighted by Gasteiger charge is -2.28. The number of rotatable bonds is 3. The summed E-state index contributed by atoms with van der Waals surface area (Å²) < 4.78 is 5.29. The van der Waals surface area contributed by atoms with Gasteiger partial charge in [-0.2, -0.15) is 0 Å². The third-order valence-electron chi connectivity index (χ3n) is 5.18. The number of benzene rings is 1. The van der Waals surface area contributed by atoms with Gasteiger partial charge in [-0.25, -0.2) is 0 Å². The predicted octanol–water partition coefficient (Wildman–Crippen LogP) is 1.12. The van der Waals surface area contributed by atoms with Gasteiger partial charge in [0.05, 0.1) is 12.1 Å². The van der Waals surface area contributed by atoms with Gasteiger partial charge in [-0.05, 0) is 37.3 Å². The Bertz CT molecular complexity index is 556. The van der Waals surface area contributed by atoms with Crippen LogP contribution in [0.2, 0.25) is 0 Å². The van der Waals surface area contributed by atoms with Crippen molar-refractivity contribution in [3.8, 4) is 0 Å². The van der Waals surface area contributed by atoms with E-state index in [4.69, 9.17) is 4.74 Å². The molecule has 3 N–H and O–H groups in total. The largest absolute Gasteiger partial charge is 0.390 e. The highest BCUT2D eigenvalue weighted by molar-refractivity contribution is 5.79. The third kappa shape index (κ3) is 3.42. The topological polar surface area (TPSA) is 78.8 Å². The number of carbonyl (C=O) groups excluding carboxylic acids is 1. The highest BCUT2D eigenvalue weighted by Crippen LogP contribution is 2.37. The Hall–Kier alpha value is -1.43. The van der Waals surface area contributed by atoms with Crippen LogP contribution in [0.5, 0.6) is 0 Å². The van der Waals surface area contributed by atoms with Gasteiger partial charge in [-0.1, -0.05) is 24.3 Å². The molecule has 2 aliphatic rings. The number of carbonyl (C=O) groups is 1. The molecule has 23 heavy (non-hydrogen) atoms. The zero-order chi connectivity index (χ0) is 16.4. The molecule has 1 aromatic carbocycles. The molecule has 2 fully saturated rings. The average Bonchev–Trinajstić information content (AvgIpc) is 2.84. The molecule has 1 aliphatic heterocycles. The van der Waals surface area contributed by atoms with Crippen LogP contribution in [-0.2, 0) is 9.53 Å². The van der Waals surface area contributed by atoms with Crippen LogP contribution >= 0.6 is 0 Å². The van der Waals surface area contributed by atoms with E-state index in [1.807, 2.05) is 31.2 Å². The Morgan fingerprint density at radius 1 is 1.22 bits per heavy atom. The molecule has 5 nitrogen and oxygen atoms in total. The minimum absolute atomic E-state index is 0.0370. The lowest BCUT2D eigenvalue weighted by atomic mass is 9.89. The number of nitrogens with one attached hydrogen (secondary N) is 1. The number of hydrogen-bond donors (Lipinski definition) is 3. The Morgan fingerprint density at radius 2 is 1.91 bits per heavy atom. The smallest absolute Gasteiger partial charge is 0.223 e. The fourth-order valence-corrected chi connectivity index (χ4v) is 3.77. The molecule has 126 valence electrons. The summed E-state index contributed by atoms with van der Waals surface area (Å²) in [5.41, 5.74) is 2.20. The van der Waals surface area contributed by atoms with Crippen molar-refractivity contribution in [2.75, 3.05) is 13.2 Å². The second-order valence-corrected chi connectivity index (χ2v) is 6.68. The Morgan fingerprint density at radius 3 is 2.61 bits per heavy atom. The molecule has 3 rings (SSSR count). The predicted molar refractivity (Wildman–Crippen MR) is 86.0 cm³/mol. The number of aliphatic hydroxyl groups excluding tert-OH is 2. The fourth-order valence-electron chi connectivity index (χ4n) is 3.77. The number of hydrogen-bond acceptors (Lipinski definition) is 4. The normalized spacial score (nSPS) is 32.0. The van der Waals surface area contributed by atoms with Gasteiger partial charge >= 0.3 is 0 Å². The molecule has 0 aromatic heterocycles. The maximum atomic E-state index is 12.5. The Balaban J connectivity index is 1.77. The van der Waals surface area contributed by atoms with E-state index in [0.29, 0.717) is 32.5 Å². The van der Waals surface area contributed by atoms with Crippen LogP contribution < -0.4 is 5.32 Å². The van der Waals surface area contributed by atoms with Crippen LogP contribution in [0.1, 0.15) is 36.3 Å². The van der Waals surface area contributed by atoms with Gasteiger partial charge < -0.3 is 20.3 Å². The van der Waals surface area contributed by atoms with E-state index in [0.717, 1.165) is 11.1 Å². The van der Waals surface area contributed by atoms with Crippen molar-refractivity contribution in [2.45, 2.75) is 50.4 Å². The van der Waals surface area contributed by atoms with E-state index in [9.17, 15) is 15.0 Å². The van der Waals surface area contributed by atoms with Gasteiger partial charge in [-0.15, -0.1) is 0 Å². The standard InChI is InChI=1S/C18H25NO4/c1-11-4-2-3-5-13(11)14-10-15(20)17(21)16(14)19-18(22)12-6-8-23-9-7-12/h2-5,12,14-17,20-21H,6-10H2,1H3,(H,19,22)/t14-,15-,16-,17-/m1/s1. The maximum Gasteiger partial charge on any atom is 0.223 e. The van der Waals surface area contributed by atoms with E-state index in [-0.39, 0.29) is 17.7 Å².